The minimum atomic E-state index is 0.321. The summed E-state index contributed by atoms with van der Waals surface area (Å²) >= 11 is 5.58. The highest BCUT2D eigenvalue weighted by Crippen LogP contribution is 2.41. The average molecular weight is 239 g/mol. The lowest BCUT2D eigenvalue weighted by Gasteiger charge is -2.20. The molecule has 2 aromatic rings. The second kappa shape index (κ2) is 3.97. The van der Waals surface area contributed by atoms with Gasteiger partial charge in [-0.3, -0.25) is 0 Å². The maximum atomic E-state index is 5.58. The SMILES string of the molecule is CC1C(=S)N(c2ccccc2)c2ccccc21. The van der Waals surface area contributed by atoms with Crippen LogP contribution in [0, 0.1) is 0 Å². The number of nitrogens with zero attached hydrogens (tertiary/aromatic N) is 1. The largest absolute Gasteiger partial charge is 0.304 e. The highest BCUT2D eigenvalue weighted by molar-refractivity contribution is 7.80. The Kier molecular flexibility index (Phi) is 2.45. The van der Waals surface area contributed by atoms with Crippen molar-refractivity contribution in [2.24, 2.45) is 0 Å². The monoisotopic (exact) mass is 239 g/mol. The quantitative estimate of drug-likeness (QED) is 0.684. The van der Waals surface area contributed by atoms with E-state index in [4.69, 9.17) is 12.2 Å². The Morgan fingerprint density at radius 2 is 1.59 bits per heavy atom. The highest BCUT2D eigenvalue weighted by atomic mass is 32.1. The Balaban J connectivity index is 2.16. The van der Waals surface area contributed by atoms with E-state index < -0.39 is 0 Å². The van der Waals surface area contributed by atoms with Gasteiger partial charge in [0.15, 0.2) is 0 Å². The molecule has 2 aromatic carbocycles. The first-order valence-corrected chi connectivity index (χ1v) is 6.18. The van der Waals surface area contributed by atoms with Gasteiger partial charge in [-0.25, -0.2) is 0 Å². The van der Waals surface area contributed by atoms with E-state index in [2.05, 4.69) is 48.2 Å². The number of hydrogen-bond donors (Lipinski definition) is 0. The van der Waals surface area contributed by atoms with E-state index >= 15 is 0 Å². The number of fused-ring (bicyclic) bond motifs is 1. The Morgan fingerprint density at radius 1 is 0.941 bits per heavy atom. The second-order valence-electron chi connectivity index (χ2n) is 4.29. The van der Waals surface area contributed by atoms with Crippen LogP contribution in [0.1, 0.15) is 18.4 Å². The van der Waals surface area contributed by atoms with E-state index in [1.165, 1.54) is 11.3 Å². The van der Waals surface area contributed by atoms with E-state index in [1.54, 1.807) is 0 Å². The first kappa shape index (κ1) is 10.5. The van der Waals surface area contributed by atoms with Gasteiger partial charge in [0.2, 0.25) is 0 Å². The van der Waals surface area contributed by atoms with Gasteiger partial charge in [-0.05, 0) is 23.8 Å². The molecule has 1 aliphatic rings. The summed E-state index contributed by atoms with van der Waals surface area (Å²) in [5.41, 5.74) is 3.69. The molecular weight excluding hydrogens is 226 g/mol. The van der Waals surface area contributed by atoms with E-state index in [0.29, 0.717) is 5.92 Å². The Labute approximate surface area is 107 Å². The van der Waals surface area contributed by atoms with Crippen molar-refractivity contribution in [2.75, 3.05) is 4.90 Å². The van der Waals surface area contributed by atoms with E-state index in [1.807, 2.05) is 18.2 Å². The molecule has 0 spiro atoms. The number of benzene rings is 2. The number of hydrogen-bond acceptors (Lipinski definition) is 1. The number of thiocarbonyl (C=S) groups is 1. The van der Waals surface area contributed by atoms with Crippen LogP contribution in [0.4, 0.5) is 11.4 Å². The summed E-state index contributed by atoms with van der Waals surface area (Å²) in [4.78, 5) is 3.16. The van der Waals surface area contributed by atoms with Crippen LogP contribution in [-0.2, 0) is 0 Å². The van der Waals surface area contributed by atoms with Crippen molar-refractivity contribution in [2.45, 2.75) is 12.8 Å². The van der Waals surface area contributed by atoms with Crippen LogP contribution in [0.15, 0.2) is 54.6 Å². The van der Waals surface area contributed by atoms with Crippen LogP contribution in [0.2, 0.25) is 0 Å². The normalized spacial score (nSPS) is 18.3. The molecule has 0 fully saturated rings. The van der Waals surface area contributed by atoms with Crippen molar-refractivity contribution in [3.63, 3.8) is 0 Å². The van der Waals surface area contributed by atoms with Crippen LogP contribution in [-0.4, -0.2) is 4.99 Å². The van der Waals surface area contributed by atoms with Crippen molar-refractivity contribution in [1.82, 2.24) is 0 Å². The topological polar surface area (TPSA) is 3.24 Å². The fraction of sp³-hybridized carbons (Fsp3) is 0.133. The molecule has 17 heavy (non-hydrogen) atoms. The van der Waals surface area contributed by atoms with E-state index in [0.717, 1.165) is 10.7 Å². The molecule has 1 nitrogen and oxygen atoms in total. The summed E-state index contributed by atoms with van der Waals surface area (Å²) < 4.78 is 0. The highest BCUT2D eigenvalue weighted by Gasteiger charge is 2.31. The molecule has 0 saturated carbocycles. The van der Waals surface area contributed by atoms with Gasteiger partial charge in [0.25, 0.3) is 0 Å². The van der Waals surface area contributed by atoms with Crippen molar-refractivity contribution in [3.05, 3.63) is 60.2 Å². The molecule has 0 aromatic heterocycles. The van der Waals surface area contributed by atoms with Gasteiger partial charge in [-0.15, -0.1) is 0 Å². The minimum Gasteiger partial charge on any atom is -0.304 e. The van der Waals surface area contributed by atoms with Gasteiger partial charge >= 0.3 is 0 Å². The molecule has 1 unspecified atom stereocenters. The van der Waals surface area contributed by atoms with Crippen LogP contribution in [0.3, 0.4) is 0 Å². The van der Waals surface area contributed by atoms with Crippen LogP contribution in [0.5, 0.6) is 0 Å². The summed E-state index contributed by atoms with van der Waals surface area (Å²) in [5.74, 6) is 0.321. The summed E-state index contributed by atoms with van der Waals surface area (Å²) in [6.45, 7) is 2.17. The zero-order chi connectivity index (χ0) is 11.8. The molecule has 1 atom stereocenters. The third-order valence-electron chi connectivity index (χ3n) is 3.25. The Morgan fingerprint density at radius 3 is 2.35 bits per heavy atom. The lowest BCUT2D eigenvalue weighted by Crippen LogP contribution is -2.20. The summed E-state index contributed by atoms with van der Waals surface area (Å²) in [6.07, 6.45) is 0. The number of anilines is 2. The first-order valence-electron chi connectivity index (χ1n) is 5.77. The van der Waals surface area contributed by atoms with Gasteiger partial charge in [-0.2, -0.15) is 0 Å². The van der Waals surface area contributed by atoms with Crippen molar-refractivity contribution >= 4 is 28.6 Å². The summed E-state index contributed by atoms with van der Waals surface area (Å²) in [5, 5.41) is 0. The van der Waals surface area contributed by atoms with Crippen molar-refractivity contribution < 1.29 is 0 Å². The maximum absolute atomic E-state index is 5.58. The van der Waals surface area contributed by atoms with Crippen LogP contribution < -0.4 is 4.90 Å². The molecule has 0 saturated heterocycles. The second-order valence-corrected chi connectivity index (χ2v) is 4.71. The average Bonchev–Trinajstić information content (AvgIpc) is 2.64. The Bertz CT molecular complexity index is 562. The molecule has 0 N–H and O–H groups in total. The van der Waals surface area contributed by atoms with Gasteiger partial charge < -0.3 is 4.90 Å². The van der Waals surface area contributed by atoms with Crippen LogP contribution >= 0.6 is 12.2 Å². The smallest absolute Gasteiger partial charge is 0.0943 e. The predicted octanol–water partition coefficient (Wildman–Crippen LogP) is 4.27. The third kappa shape index (κ3) is 1.56. The molecule has 0 bridgehead atoms. The summed E-state index contributed by atoms with van der Waals surface area (Å²) in [7, 11) is 0. The lowest BCUT2D eigenvalue weighted by atomic mass is 10.0. The van der Waals surface area contributed by atoms with E-state index in [9.17, 15) is 0 Å². The standard InChI is InChI=1S/C15H13NS/c1-11-13-9-5-6-10-14(13)16(15(11)17)12-7-3-2-4-8-12/h2-11H,1H3. The molecular formula is C15H13NS. The fourth-order valence-electron chi connectivity index (χ4n) is 2.35. The third-order valence-corrected chi connectivity index (χ3v) is 3.79. The van der Waals surface area contributed by atoms with Gasteiger partial charge in [-0.1, -0.05) is 55.5 Å². The van der Waals surface area contributed by atoms with E-state index in [-0.39, 0.29) is 0 Å². The maximum Gasteiger partial charge on any atom is 0.0943 e. The molecule has 3 rings (SSSR count). The van der Waals surface area contributed by atoms with Crippen molar-refractivity contribution in [1.29, 1.82) is 0 Å². The molecule has 2 heteroatoms. The van der Waals surface area contributed by atoms with Gasteiger partial charge in [0.05, 0.1) is 10.7 Å². The van der Waals surface area contributed by atoms with Gasteiger partial charge in [0, 0.05) is 11.6 Å². The molecule has 0 amide bonds. The van der Waals surface area contributed by atoms with Crippen LogP contribution in [0.25, 0.3) is 0 Å². The minimum absolute atomic E-state index is 0.321. The number of para-hydroxylation sites is 2. The molecule has 1 aliphatic heterocycles. The lowest BCUT2D eigenvalue weighted by molar-refractivity contribution is 1.07. The van der Waals surface area contributed by atoms with Gasteiger partial charge in [0.1, 0.15) is 0 Å². The molecule has 0 aliphatic carbocycles. The molecule has 84 valence electrons. The zero-order valence-corrected chi connectivity index (χ0v) is 10.4. The number of rotatable bonds is 1. The summed E-state index contributed by atoms with van der Waals surface area (Å²) in [6, 6.07) is 18.8. The molecule has 0 radical (unpaired) electrons. The van der Waals surface area contributed by atoms with Crippen molar-refractivity contribution in [3.8, 4) is 0 Å². The zero-order valence-electron chi connectivity index (χ0n) is 9.63. The predicted molar refractivity (Wildman–Crippen MR) is 76.0 cm³/mol. The first-order chi connectivity index (χ1) is 8.29. The fourth-order valence-corrected chi connectivity index (χ4v) is 2.68. The Hall–Kier alpha value is -1.67. The molecule has 1 heterocycles.